The van der Waals surface area contributed by atoms with Crippen molar-refractivity contribution < 1.29 is 14.5 Å². The van der Waals surface area contributed by atoms with E-state index in [4.69, 9.17) is 0 Å². The van der Waals surface area contributed by atoms with Gasteiger partial charge in [0.2, 0.25) is 0 Å². The van der Waals surface area contributed by atoms with E-state index in [1.54, 1.807) is 10.9 Å². The molecular formula is C15H19N3O2. The van der Waals surface area contributed by atoms with Crippen molar-refractivity contribution in [1.29, 1.82) is 0 Å². The molecule has 0 radical (unpaired) electrons. The molecule has 1 atom stereocenters. The van der Waals surface area contributed by atoms with Gasteiger partial charge in [-0.25, -0.2) is 4.57 Å². The minimum atomic E-state index is -1.23. The maximum Gasteiger partial charge on any atom is 0.289 e. The average Bonchev–Trinajstić information content (AvgIpc) is 2.82. The minimum Gasteiger partial charge on any atom is -0.539 e. The van der Waals surface area contributed by atoms with E-state index in [1.165, 1.54) is 4.68 Å². The van der Waals surface area contributed by atoms with Crippen LogP contribution in [0.1, 0.15) is 44.4 Å². The Morgan fingerprint density at radius 1 is 1.30 bits per heavy atom. The molecule has 1 aromatic carbocycles. The summed E-state index contributed by atoms with van der Waals surface area (Å²) in [5, 5.41) is 15.7. The van der Waals surface area contributed by atoms with Gasteiger partial charge in [0.1, 0.15) is 11.7 Å². The number of para-hydroxylation sites is 1. The largest absolute Gasteiger partial charge is 0.539 e. The summed E-state index contributed by atoms with van der Waals surface area (Å²) in [6, 6.07) is 9.16. The number of carboxylic acid groups (broad SMARTS) is 1. The highest BCUT2D eigenvalue weighted by Gasteiger charge is 2.31. The Hall–Kier alpha value is -2.17. The molecule has 0 fully saturated rings. The quantitative estimate of drug-likeness (QED) is 0.788. The van der Waals surface area contributed by atoms with Crippen molar-refractivity contribution >= 4 is 5.97 Å². The summed E-state index contributed by atoms with van der Waals surface area (Å²) in [7, 11) is 0. The van der Waals surface area contributed by atoms with Crippen molar-refractivity contribution in [3.05, 3.63) is 42.5 Å². The molecule has 0 aliphatic heterocycles. The molecule has 0 aliphatic carbocycles. The van der Waals surface area contributed by atoms with Gasteiger partial charge in [-0.1, -0.05) is 43.7 Å². The average molecular weight is 273 g/mol. The normalized spacial score (nSPS) is 13.2. The Morgan fingerprint density at radius 3 is 2.40 bits per heavy atom. The van der Waals surface area contributed by atoms with Crippen molar-refractivity contribution in [3.8, 4) is 5.69 Å². The van der Waals surface area contributed by atoms with Crippen LogP contribution < -0.4 is 9.67 Å². The van der Waals surface area contributed by atoms with E-state index < -0.39 is 5.97 Å². The van der Waals surface area contributed by atoms with E-state index >= 15 is 0 Å². The van der Waals surface area contributed by atoms with Gasteiger partial charge < -0.3 is 9.90 Å². The maximum atomic E-state index is 11.5. The van der Waals surface area contributed by atoms with Crippen LogP contribution in [-0.2, 0) is 0 Å². The SMILES string of the molecule is CC([n+]1cnn(-c2ccccc2)c1C(=O)[O-])C(C)(C)C. The van der Waals surface area contributed by atoms with Crippen LogP contribution in [0.15, 0.2) is 36.7 Å². The molecule has 2 rings (SSSR count). The van der Waals surface area contributed by atoms with E-state index in [2.05, 4.69) is 25.9 Å². The summed E-state index contributed by atoms with van der Waals surface area (Å²) in [5.41, 5.74) is 0.617. The fourth-order valence-corrected chi connectivity index (χ4v) is 1.98. The third kappa shape index (κ3) is 2.57. The number of rotatable bonds is 3. The monoisotopic (exact) mass is 273 g/mol. The molecule has 1 unspecified atom stereocenters. The predicted octanol–water partition coefficient (Wildman–Crippen LogP) is 1.13. The highest BCUT2D eigenvalue weighted by Crippen LogP contribution is 2.25. The van der Waals surface area contributed by atoms with Crippen LogP contribution in [0, 0.1) is 5.41 Å². The lowest BCUT2D eigenvalue weighted by molar-refractivity contribution is -0.736. The van der Waals surface area contributed by atoms with Gasteiger partial charge in [0.25, 0.3) is 12.2 Å². The molecular weight excluding hydrogens is 254 g/mol. The third-order valence-corrected chi connectivity index (χ3v) is 3.59. The summed E-state index contributed by atoms with van der Waals surface area (Å²) in [6.07, 6.45) is 1.55. The highest BCUT2D eigenvalue weighted by atomic mass is 16.4. The fraction of sp³-hybridized carbons (Fsp3) is 0.400. The lowest BCUT2D eigenvalue weighted by Gasteiger charge is -2.25. The number of carboxylic acids is 1. The number of carbonyl (C=O) groups is 1. The molecule has 5 nitrogen and oxygen atoms in total. The third-order valence-electron chi connectivity index (χ3n) is 3.59. The van der Waals surface area contributed by atoms with Crippen LogP contribution in [0.4, 0.5) is 0 Å². The van der Waals surface area contributed by atoms with Crippen LogP contribution >= 0.6 is 0 Å². The molecule has 0 spiro atoms. The Labute approximate surface area is 118 Å². The first kappa shape index (κ1) is 14.2. The number of benzene rings is 1. The summed E-state index contributed by atoms with van der Waals surface area (Å²) in [5.74, 6) is -1.18. The number of carbonyl (C=O) groups excluding carboxylic acids is 1. The first-order valence-electron chi connectivity index (χ1n) is 6.58. The lowest BCUT2D eigenvalue weighted by Crippen LogP contribution is -2.50. The topological polar surface area (TPSA) is 61.8 Å². The van der Waals surface area contributed by atoms with E-state index in [9.17, 15) is 9.90 Å². The second kappa shape index (κ2) is 5.07. The highest BCUT2D eigenvalue weighted by molar-refractivity contribution is 5.80. The zero-order chi connectivity index (χ0) is 14.9. The predicted molar refractivity (Wildman–Crippen MR) is 72.3 cm³/mol. The summed E-state index contributed by atoms with van der Waals surface area (Å²) < 4.78 is 3.06. The number of nitrogens with zero attached hydrogens (tertiary/aromatic N) is 3. The standard InChI is InChI=1S/C15H19N3O2/c1-11(15(2,3)4)17-10-16-18(13(17)14(19)20)12-8-6-5-7-9-12/h5-11H,1-4H3. The molecule has 0 bridgehead atoms. The number of aromatic nitrogens is 3. The molecule has 0 N–H and O–H groups in total. The Balaban J connectivity index is 2.58. The van der Waals surface area contributed by atoms with Crippen molar-refractivity contribution in [3.63, 3.8) is 0 Å². The van der Waals surface area contributed by atoms with Gasteiger partial charge in [0, 0.05) is 5.10 Å². The van der Waals surface area contributed by atoms with Crippen LogP contribution in [0.5, 0.6) is 0 Å². The van der Waals surface area contributed by atoms with Gasteiger partial charge in [-0.2, -0.15) is 0 Å². The smallest absolute Gasteiger partial charge is 0.289 e. The minimum absolute atomic E-state index is 0.0205. The van der Waals surface area contributed by atoms with Crippen LogP contribution in [0.3, 0.4) is 0 Å². The van der Waals surface area contributed by atoms with E-state index in [1.807, 2.05) is 37.3 Å². The molecule has 5 heteroatoms. The second-order valence-electron chi connectivity index (χ2n) is 5.94. The zero-order valence-corrected chi connectivity index (χ0v) is 12.2. The maximum absolute atomic E-state index is 11.5. The Kier molecular flexibility index (Phi) is 3.61. The van der Waals surface area contributed by atoms with Crippen molar-refractivity contribution in [2.24, 2.45) is 5.41 Å². The molecule has 20 heavy (non-hydrogen) atoms. The van der Waals surface area contributed by atoms with Crippen molar-refractivity contribution in [2.45, 2.75) is 33.7 Å². The zero-order valence-electron chi connectivity index (χ0n) is 12.2. The Bertz CT molecular complexity index is 612. The Morgan fingerprint density at radius 2 is 1.90 bits per heavy atom. The van der Waals surface area contributed by atoms with Crippen molar-refractivity contribution in [2.75, 3.05) is 0 Å². The van der Waals surface area contributed by atoms with Crippen LogP contribution in [0.2, 0.25) is 0 Å². The summed E-state index contributed by atoms with van der Waals surface area (Å²) >= 11 is 0. The molecule has 2 aromatic rings. The van der Waals surface area contributed by atoms with E-state index in [0.29, 0.717) is 5.69 Å². The number of hydrogen-bond donors (Lipinski definition) is 0. The number of aromatic carboxylic acids is 1. The van der Waals surface area contributed by atoms with Gasteiger partial charge in [-0.3, -0.25) is 0 Å². The summed E-state index contributed by atoms with van der Waals surface area (Å²) in [4.78, 5) is 11.5. The molecule has 1 aromatic heterocycles. The van der Waals surface area contributed by atoms with Crippen LogP contribution in [-0.4, -0.2) is 15.7 Å². The van der Waals surface area contributed by atoms with Gasteiger partial charge in [-0.15, -0.1) is 0 Å². The molecule has 0 aliphatic rings. The summed E-state index contributed by atoms with van der Waals surface area (Å²) in [6.45, 7) is 8.15. The van der Waals surface area contributed by atoms with Gasteiger partial charge in [-0.05, 0) is 24.5 Å². The fourth-order valence-electron chi connectivity index (χ4n) is 1.98. The van der Waals surface area contributed by atoms with E-state index in [0.717, 1.165) is 0 Å². The second-order valence-corrected chi connectivity index (χ2v) is 5.94. The molecule has 1 heterocycles. The van der Waals surface area contributed by atoms with E-state index in [-0.39, 0.29) is 17.3 Å². The first-order valence-corrected chi connectivity index (χ1v) is 6.58. The van der Waals surface area contributed by atoms with Crippen LogP contribution in [0.25, 0.3) is 5.69 Å². The molecule has 106 valence electrons. The van der Waals surface area contributed by atoms with Gasteiger partial charge in [0.05, 0.1) is 6.04 Å². The number of hydrogen-bond acceptors (Lipinski definition) is 3. The first-order chi connectivity index (χ1) is 9.32. The molecule has 0 amide bonds. The van der Waals surface area contributed by atoms with Gasteiger partial charge in [0.15, 0.2) is 0 Å². The van der Waals surface area contributed by atoms with Gasteiger partial charge >= 0.3 is 0 Å². The molecule has 0 saturated carbocycles. The van der Waals surface area contributed by atoms with Crippen molar-refractivity contribution in [1.82, 2.24) is 9.78 Å². The lowest BCUT2D eigenvalue weighted by atomic mass is 9.88. The molecule has 0 saturated heterocycles.